The van der Waals surface area contributed by atoms with Crippen molar-refractivity contribution in [2.75, 3.05) is 62.4 Å². The lowest BCUT2D eigenvalue weighted by Crippen LogP contribution is -2.47. The third-order valence-electron chi connectivity index (χ3n) is 15.6. The van der Waals surface area contributed by atoms with Crippen molar-refractivity contribution in [3.8, 4) is 17.2 Å². The molecule has 0 aliphatic carbocycles. The van der Waals surface area contributed by atoms with E-state index >= 15 is 4.79 Å². The molecule has 448 valence electrons. The summed E-state index contributed by atoms with van der Waals surface area (Å²) in [5.41, 5.74) is 1.69. The molecular formula is C60H69N5O19. The summed E-state index contributed by atoms with van der Waals surface area (Å²) in [6.07, 6.45) is 1.97. The number of aliphatic hydroxyl groups excluding tert-OH is 3. The number of carbonyl (C=O) groups excluding carboxylic acids is 4. The van der Waals surface area contributed by atoms with E-state index in [2.05, 4.69) is 24.1 Å². The Hall–Kier alpha value is -8.58. The number of aromatic nitrogens is 1. The number of aliphatic hydroxyl groups is 3. The van der Waals surface area contributed by atoms with Crippen LogP contribution >= 0.6 is 0 Å². The van der Waals surface area contributed by atoms with Gasteiger partial charge in [0, 0.05) is 118 Å². The van der Waals surface area contributed by atoms with Gasteiger partial charge in [-0.25, -0.2) is 19.4 Å². The monoisotopic (exact) mass is 1160 g/mol. The Bertz CT molecular complexity index is 3740. The molecule has 9 rings (SSSR count). The summed E-state index contributed by atoms with van der Waals surface area (Å²) in [5, 5.41) is 59.2. The number of allylic oxidation sites excluding steroid dienone is 2. The minimum absolute atomic E-state index is 0.0111. The van der Waals surface area contributed by atoms with Gasteiger partial charge in [-0.1, -0.05) is 59.8 Å². The topological polar surface area (TPSA) is 347 Å². The molecule has 24 nitrogen and oxygen atoms in total. The van der Waals surface area contributed by atoms with E-state index in [4.69, 9.17) is 43.6 Å². The first-order chi connectivity index (χ1) is 39.6. The Morgan fingerprint density at radius 3 is 2.27 bits per heavy atom. The highest BCUT2D eigenvalue weighted by atomic mass is 16.7. The second-order valence-electron chi connectivity index (χ2n) is 22.1. The van der Waals surface area contributed by atoms with Crippen LogP contribution < -0.4 is 41.5 Å². The number of amides is 1. The fourth-order valence-electron chi connectivity index (χ4n) is 11.0. The van der Waals surface area contributed by atoms with Gasteiger partial charge in [0.05, 0.1) is 40.8 Å². The number of hydrogen-bond acceptors (Lipinski definition) is 22. The number of benzene rings is 4. The highest BCUT2D eigenvalue weighted by Crippen LogP contribution is 2.42. The van der Waals surface area contributed by atoms with Crippen LogP contribution in [0.1, 0.15) is 71.3 Å². The molecule has 1 fully saturated rings. The summed E-state index contributed by atoms with van der Waals surface area (Å²) in [7, 11) is 1.39. The van der Waals surface area contributed by atoms with Crippen molar-refractivity contribution in [1.82, 2.24) is 9.88 Å². The van der Waals surface area contributed by atoms with Gasteiger partial charge in [0.15, 0.2) is 22.4 Å². The molecule has 8 N–H and O–H groups in total. The molecule has 5 bridgehead atoms. The number of ether oxygens (including phenoxy) is 6. The number of rotatable bonds is 9. The van der Waals surface area contributed by atoms with Crippen molar-refractivity contribution in [3.63, 3.8) is 0 Å². The molecule has 0 spiro atoms. The quantitative estimate of drug-likeness (QED) is 0.0261. The van der Waals surface area contributed by atoms with Crippen molar-refractivity contribution in [1.29, 1.82) is 0 Å². The van der Waals surface area contributed by atoms with Gasteiger partial charge in [0.1, 0.15) is 46.7 Å². The Labute approximate surface area is 481 Å². The predicted octanol–water partition coefficient (Wildman–Crippen LogP) is 4.75. The number of methoxy groups -OCH3 is 1. The molecule has 5 aromatic rings. The van der Waals surface area contributed by atoms with Crippen LogP contribution in [0.15, 0.2) is 80.5 Å². The van der Waals surface area contributed by atoms with Gasteiger partial charge in [-0.2, -0.15) is 0 Å². The standard InChI is InChI=1S/C60H69N5O19/c1-27(2)25-64-17-19-65(20-18-64)36-23-38(67)45-41(24-36)82-54-46(62-45)42-43-50(70)32(7)53-44(42)55(72)60(9,84-53)80-21-16-39(78-10)29(4)52(81-33(8)66)31(6)49(69)30(5)48(68)28(3)12-11-13-34(56(73)63-47(54)51(43)71)26-79-58(76)59(77)83-40-22-35(61)14-15-37(40)57(74)75/h11-16,21-24,27-31,39,48-49,52,68-70,72H,17-20,25-26,61H2,1-10H3,(H,63,73)(H,74,75). The molecular weight excluding hydrogens is 1090 g/mol. The van der Waals surface area contributed by atoms with Crippen LogP contribution in [0.4, 0.5) is 17.1 Å². The van der Waals surface area contributed by atoms with Gasteiger partial charge < -0.3 is 74.3 Å². The zero-order valence-electron chi connectivity index (χ0n) is 48.1. The molecule has 4 aliphatic heterocycles. The number of carboxylic acids is 1. The van der Waals surface area contributed by atoms with Gasteiger partial charge in [0.2, 0.25) is 10.9 Å². The van der Waals surface area contributed by atoms with Crippen LogP contribution in [0.5, 0.6) is 17.2 Å². The summed E-state index contributed by atoms with van der Waals surface area (Å²) in [4.78, 5) is 105. The molecule has 9 unspecified atom stereocenters. The Morgan fingerprint density at radius 2 is 1.62 bits per heavy atom. The Balaban J connectivity index is 1.33. The highest BCUT2D eigenvalue weighted by molar-refractivity contribution is 6.30. The summed E-state index contributed by atoms with van der Waals surface area (Å²) >= 11 is 0. The summed E-state index contributed by atoms with van der Waals surface area (Å²) < 4.78 is 40.9. The van der Waals surface area contributed by atoms with Crippen molar-refractivity contribution < 1.29 is 82.3 Å². The Kier molecular flexibility index (Phi) is 18.1. The first kappa shape index (κ1) is 61.5. The van der Waals surface area contributed by atoms with E-state index in [0.717, 1.165) is 24.8 Å². The largest absolute Gasteiger partial charge is 0.507 e. The van der Waals surface area contributed by atoms with E-state index in [1.807, 2.05) is 4.90 Å². The molecule has 4 aliphatic rings. The van der Waals surface area contributed by atoms with Gasteiger partial charge in [0.25, 0.3) is 5.91 Å². The number of aromatic hydroxyl groups is 1. The van der Waals surface area contributed by atoms with Crippen LogP contribution in [0.2, 0.25) is 0 Å². The highest BCUT2D eigenvalue weighted by Gasteiger charge is 2.44. The van der Waals surface area contributed by atoms with E-state index < -0.39 is 146 Å². The third-order valence-corrected chi connectivity index (χ3v) is 15.6. The molecule has 4 aromatic carbocycles. The molecule has 5 heterocycles. The zero-order chi connectivity index (χ0) is 61.4. The fourth-order valence-corrected chi connectivity index (χ4v) is 11.0. The number of carbonyl (C=O) groups is 5. The Morgan fingerprint density at radius 1 is 0.917 bits per heavy atom. The first-order valence-corrected chi connectivity index (χ1v) is 27.3. The van der Waals surface area contributed by atoms with E-state index in [9.17, 15) is 54.3 Å². The number of nitrogens with two attached hydrogens (primary N) is 1. The van der Waals surface area contributed by atoms with Gasteiger partial charge in [-0.15, -0.1) is 0 Å². The average molecular weight is 1160 g/mol. The molecule has 9 atom stereocenters. The number of esters is 3. The maximum atomic E-state index is 15.3. The zero-order valence-corrected chi connectivity index (χ0v) is 48.1. The average Bonchev–Trinajstić information content (AvgIpc) is 1.60. The molecule has 0 radical (unpaired) electrons. The number of piperazine rings is 1. The SMILES string of the molecule is COC1C=COC2(C)Oc3c(C)c(O)c4c(=O)c(c5oc6cc(N7CCN(CC(C)C)CC7)cc(=O)c6nc5c4c3=C2O)NC(=O)C(COC(=O)C(=O)Oc2cc(N)ccc2C(=O)O)=CC=CC(C)C(O)C(C)C(O)C(C)C(OC(C)=O)C1C. The molecule has 1 saturated heterocycles. The number of nitrogen functional groups attached to an aromatic ring is 1. The normalized spacial score (nSPS) is 24.5. The van der Waals surface area contributed by atoms with E-state index in [0.29, 0.717) is 37.8 Å². The molecule has 1 aromatic heterocycles. The number of carboxylic acid groups (broad SMARTS) is 1. The van der Waals surface area contributed by atoms with Gasteiger partial charge in [-0.3, -0.25) is 24.1 Å². The predicted molar refractivity (Wildman–Crippen MR) is 307 cm³/mol. The number of phenols is 1. The van der Waals surface area contributed by atoms with Crippen molar-refractivity contribution in [2.45, 2.75) is 92.5 Å². The molecule has 24 heteroatoms. The van der Waals surface area contributed by atoms with E-state index in [1.54, 1.807) is 33.8 Å². The number of nitrogens with zero attached hydrogens (tertiary/aromatic N) is 3. The molecule has 1 amide bonds. The van der Waals surface area contributed by atoms with Crippen LogP contribution in [-0.2, 0) is 38.1 Å². The number of anilines is 3. The van der Waals surface area contributed by atoms with Crippen LogP contribution in [0.25, 0.3) is 38.7 Å². The van der Waals surface area contributed by atoms with Crippen LogP contribution in [-0.4, -0.2) is 142 Å². The van der Waals surface area contributed by atoms with Crippen molar-refractivity contribution in [3.05, 3.63) is 103 Å². The number of phenolic OH excluding ortho intramolecular Hbond substituents is 1. The number of aromatic carboxylic acids is 1. The second-order valence-corrected chi connectivity index (χ2v) is 22.1. The maximum Gasteiger partial charge on any atom is 0.422 e. The maximum absolute atomic E-state index is 15.3. The van der Waals surface area contributed by atoms with Crippen molar-refractivity contribution in [2.24, 2.45) is 29.6 Å². The summed E-state index contributed by atoms with van der Waals surface area (Å²) in [6, 6.07) is 6.24. The molecule has 84 heavy (non-hydrogen) atoms. The smallest absolute Gasteiger partial charge is 0.422 e. The van der Waals surface area contributed by atoms with E-state index in [1.165, 1.54) is 64.5 Å². The van der Waals surface area contributed by atoms with Crippen LogP contribution in [0, 0.1) is 36.5 Å². The minimum Gasteiger partial charge on any atom is -0.507 e. The number of hydrogen-bond donors (Lipinski definition) is 7. The summed E-state index contributed by atoms with van der Waals surface area (Å²) in [6.45, 7) is 17.1. The van der Waals surface area contributed by atoms with E-state index in [-0.39, 0.29) is 44.2 Å². The van der Waals surface area contributed by atoms with Crippen LogP contribution in [0.3, 0.4) is 0 Å². The lowest BCUT2D eigenvalue weighted by Gasteiger charge is -2.38. The number of nitrogens with one attached hydrogen (secondary N) is 1. The fraction of sp³-hybridized carbons (Fsp3) is 0.433. The minimum atomic E-state index is -2.11. The molecule has 0 saturated carbocycles. The first-order valence-electron chi connectivity index (χ1n) is 27.3. The van der Waals surface area contributed by atoms with Gasteiger partial charge >= 0.3 is 29.7 Å². The van der Waals surface area contributed by atoms with Crippen molar-refractivity contribution >= 4 is 85.6 Å². The lowest BCUT2D eigenvalue weighted by atomic mass is 9.78. The second kappa shape index (κ2) is 24.7. The third kappa shape index (κ3) is 12.2. The number of fused-ring (bicyclic) bond motifs is 14. The summed E-state index contributed by atoms with van der Waals surface area (Å²) in [5.74, 6) is -13.8. The van der Waals surface area contributed by atoms with Gasteiger partial charge in [-0.05, 0) is 31.1 Å². The lowest BCUT2D eigenvalue weighted by molar-refractivity contribution is -0.161.